The van der Waals surface area contributed by atoms with Gasteiger partial charge in [-0.3, -0.25) is 14.2 Å². The van der Waals surface area contributed by atoms with E-state index in [1.165, 1.54) is 16.7 Å². The number of anilines is 1. The van der Waals surface area contributed by atoms with Crippen LogP contribution >= 0.6 is 23.5 Å². The number of nitrogens with zero attached hydrogens (tertiary/aromatic N) is 3. The Morgan fingerprint density at radius 3 is 2.44 bits per heavy atom. The molecule has 3 aromatic carbocycles. The third-order valence-electron chi connectivity index (χ3n) is 4.70. The lowest BCUT2D eigenvalue weighted by molar-refractivity contribution is -0.113. The molecule has 0 saturated carbocycles. The van der Waals surface area contributed by atoms with Gasteiger partial charge in [-0.1, -0.05) is 35.7 Å². The van der Waals surface area contributed by atoms with Gasteiger partial charge in [0.15, 0.2) is 5.16 Å². The van der Waals surface area contributed by atoms with Crippen molar-refractivity contribution in [2.24, 2.45) is 0 Å². The lowest BCUT2D eigenvalue weighted by Crippen LogP contribution is -2.23. The first-order chi connectivity index (χ1) is 16.4. The van der Waals surface area contributed by atoms with E-state index in [1.54, 1.807) is 60.7 Å². The fourth-order valence-electron chi connectivity index (χ4n) is 3.17. The quantitative estimate of drug-likeness (QED) is 0.277. The van der Waals surface area contributed by atoms with Gasteiger partial charge in [-0.25, -0.2) is 4.98 Å². The first-order valence-corrected chi connectivity index (χ1v) is 11.8. The van der Waals surface area contributed by atoms with Crippen LogP contribution < -0.4 is 10.9 Å². The van der Waals surface area contributed by atoms with Crippen LogP contribution in [0.3, 0.4) is 0 Å². The van der Waals surface area contributed by atoms with Crippen LogP contribution in [-0.2, 0) is 4.79 Å². The number of alkyl halides is 2. The zero-order chi connectivity index (χ0) is 24.1. The van der Waals surface area contributed by atoms with Crippen molar-refractivity contribution in [2.45, 2.75) is 15.8 Å². The number of aromatic nitrogens is 2. The van der Waals surface area contributed by atoms with Gasteiger partial charge < -0.3 is 5.32 Å². The molecule has 0 aliphatic carbocycles. The van der Waals surface area contributed by atoms with Crippen LogP contribution in [0.25, 0.3) is 16.6 Å². The number of rotatable bonds is 7. The summed E-state index contributed by atoms with van der Waals surface area (Å²) in [6.45, 7) is 0. The van der Waals surface area contributed by atoms with Gasteiger partial charge in [0, 0.05) is 10.6 Å². The van der Waals surface area contributed by atoms with Crippen molar-refractivity contribution >= 4 is 46.0 Å². The van der Waals surface area contributed by atoms with Gasteiger partial charge in [-0.15, -0.1) is 0 Å². The van der Waals surface area contributed by atoms with Crippen molar-refractivity contribution in [3.63, 3.8) is 0 Å². The summed E-state index contributed by atoms with van der Waals surface area (Å²) < 4.78 is 26.3. The van der Waals surface area contributed by atoms with Crippen LogP contribution in [0.5, 0.6) is 0 Å². The van der Waals surface area contributed by atoms with Gasteiger partial charge in [0.05, 0.1) is 34.0 Å². The summed E-state index contributed by atoms with van der Waals surface area (Å²) in [5.41, 5.74) is 1.67. The van der Waals surface area contributed by atoms with Crippen LogP contribution in [0.1, 0.15) is 5.56 Å². The lowest BCUT2D eigenvalue weighted by atomic mass is 10.2. The number of fused-ring (bicyclic) bond motifs is 1. The molecule has 34 heavy (non-hydrogen) atoms. The highest BCUT2D eigenvalue weighted by molar-refractivity contribution is 8.00. The third-order valence-corrected chi connectivity index (χ3v) is 6.36. The van der Waals surface area contributed by atoms with Crippen LogP contribution in [0, 0.1) is 11.3 Å². The number of carbonyl (C=O) groups excluding carboxylic acids is 1. The highest BCUT2D eigenvalue weighted by Gasteiger charge is 2.15. The molecule has 0 fully saturated rings. The summed E-state index contributed by atoms with van der Waals surface area (Å²) in [5.74, 6) is -2.89. The van der Waals surface area contributed by atoms with E-state index < -0.39 is 5.76 Å². The summed E-state index contributed by atoms with van der Waals surface area (Å²) in [5, 5.41) is 12.5. The van der Waals surface area contributed by atoms with Gasteiger partial charge in [-0.2, -0.15) is 14.0 Å². The maximum absolute atomic E-state index is 13.2. The summed E-state index contributed by atoms with van der Waals surface area (Å²) >= 11 is 1.52. The monoisotopic (exact) mass is 494 g/mol. The Morgan fingerprint density at radius 2 is 1.76 bits per heavy atom. The van der Waals surface area contributed by atoms with Crippen molar-refractivity contribution in [3.8, 4) is 11.8 Å². The van der Waals surface area contributed by atoms with E-state index in [0.29, 0.717) is 49.7 Å². The first-order valence-electron chi connectivity index (χ1n) is 9.94. The van der Waals surface area contributed by atoms with Crippen LogP contribution in [0.2, 0.25) is 0 Å². The smallest absolute Gasteiger partial charge is 0.288 e. The van der Waals surface area contributed by atoms with E-state index in [9.17, 15) is 18.4 Å². The second-order valence-electron chi connectivity index (χ2n) is 6.95. The number of benzene rings is 3. The average molecular weight is 495 g/mol. The van der Waals surface area contributed by atoms with E-state index in [2.05, 4.69) is 10.3 Å². The Kier molecular flexibility index (Phi) is 7.25. The van der Waals surface area contributed by atoms with E-state index in [4.69, 9.17) is 5.26 Å². The fraction of sp³-hybridized carbons (Fsp3) is 0.0833. The molecule has 4 aromatic rings. The summed E-state index contributed by atoms with van der Waals surface area (Å²) in [7, 11) is 0. The Hall–Kier alpha value is -3.68. The second kappa shape index (κ2) is 10.5. The number of para-hydroxylation sites is 1. The second-order valence-corrected chi connectivity index (χ2v) is 8.96. The average Bonchev–Trinajstić information content (AvgIpc) is 2.84. The Bertz CT molecular complexity index is 1430. The van der Waals surface area contributed by atoms with Gasteiger partial charge in [0.2, 0.25) is 5.91 Å². The fourth-order valence-corrected chi connectivity index (χ4v) is 4.48. The predicted molar refractivity (Wildman–Crippen MR) is 130 cm³/mol. The molecule has 0 atom stereocenters. The van der Waals surface area contributed by atoms with E-state index >= 15 is 0 Å². The van der Waals surface area contributed by atoms with Gasteiger partial charge >= 0.3 is 0 Å². The van der Waals surface area contributed by atoms with Crippen molar-refractivity contribution < 1.29 is 13.6 Å². The van der Waals surface area contributed by atoms with E-state index in [1.807, 2.05) is 6.07 Å². The summed E-state index contributed by atoms with van der Waals surface area (Å²) in [6.07, 6.45) is 0. The van der Waals surface area contributed by atoms with Crippen molar-refractivity contribution in [1.29, 1.82) is 5.26 Å². The van der Waals surface area contributed by atoms with Crippen molar-refractivity contribution in [1.82, 2.24) is 9.55 Å². The van der Waals surface area contributed by atoms with Crippen LogP contribution in [-0.4, -0.2) is 27.0 Å². The topological polar surface area (TPSA) is 87.8 Å². The van der Waals surface area contributed by atoms with E-state index in [-0.39, 0.29) is 17.2 Å². The summed E-state index contributed by atoms with van der Waals surface area (Å²) in [4.78, 5) is 30.7. The molecule has 10 heteroatoms. The molecule has 1 N–H and O–H groups in total. The summed E-state index contributed by atoms with van der Waals surface area (Å²) in [6, 6.07) is 21.6. The molecule has 0 aliphatic rings. The minimum absolute atomic E-state index is 0.0331. The Balaban J connectivity index is 1.57. The van der Waals surface area contributed by atoms with E-state index in [0.717, 1.165) is 11.8 Å². The normalized spacial score (nSPS) is 10.9. The zero-order valence-corrected chi connectivity index (χ0v) is 19.1. The number of thioether (sulfide) groups is 2. The molecule has 1 amide bonds. The molecule has 170 valence electrons. The zero-order valence-electron chi connectivity index (χ0n) is 17.4. The molecule has 0 bridgehead atoms. The number of halogens is 2. The maximum Gasteiger partial charge on any atom is 0.288 e. The molecule has 0 spiro atoms. The third kappa shape index (κ3) is 5.44. The molecule has 1 aromatic heterocycles. The maximum atomic E-state index is 13.2. The molecule has 4 rings (SSSR count). The molecule has 6 nitrogen and oxygen atoms in total. The Labute approximate surface area is 201 Å². The SMILES string of the molecule is N#Cc1ccc(-n2c(SCC(=O)Nc3ccc(SC(F)F)cc3)nc3ccccc3c2=O)cc1. The molecule has 1 heterocycles. The van der Waals surface area contributed by atoms with Gasteiger partial charge in [0.1, 0.15) is 0 Å². The lowest BCUT2D eigenvalue weighted by Gasteiger charge is -2.13. The largest absolute Gasteiger partial charge is 0.325 e. The number of nitriles is 1. The minimum atomic E-state index is -2.51. The molecule has 0 unspecified atom stereocenters. The highest BCUT2D eigenvalue weighted by Crippen LogP contribution is 2.26. The van der Waals surface area contributed by atoms with Crippen molar-refractivity contribution in [3.05, 3.63) is 88.7 Å². The van der Waals surface area contributed by atoms with Crippen LogP contribution in [0.15, 0.2) is 87.6 Å². The standard InChI is InChI=1S/C24H16F2N4O2S2/c25-23(26)34-18-11-7-16(8-12-18)28-21(31)14-33-24-29-20-4-2-1-3-19(20)22(32)30(24)17-9-5-15(13-27)6-10-17/h1-12,23H,14H2,(H,28,31). The number of hydrogen-bond acceptors (Lipinski definition) is 6. The van der Waals surface area contributed by atoms with Crippen molar-refractivity contribution in [2.75, 3.05) is 11.1 Å². The van der Waals surface area contributed by atoms with Crippen LogP contribution in [0.4, 0.5) is 14.5 Å². The highest BCUT2D eigenvalue weighted by atomic mass is 32.2. The minimum Gasteiger partial charge on any atom is -0.325 e. The molecular formula is C24H16F2N4O2S2. The number of hydrogen-bond donors (Lipinski definition) is 1. The molecule has 0 radical (unpaired) electrons. The number of nitrogens with one attached hydrogen (secondary N) is 1. The first kappa shape index (κ1) is 23.5. The number of amides is 1. The number of carbonyl (C=O) groups is 1. The van der Waals surface area contributed by atoms with Gasteiger partial charge in [0.25, 0.3) is 11.3 Å². The molecule has 0 saturated heterocycles. The van der Waals surface area contributed by atoms with Gasteiger partial charge in [-0.05, 0) is 60.7 Å². The predicted octanol–water partition coefficient (Wildman–Crippen LogP) is 5.30. The molecule has 0 aliphatic heterocycles. The Morgan fingerprint density at radius 1 is 1.06 bits per heavy atom. The molecular weight excluding hydrogens is 478 g/mol.